The van der Waals surface area contributed by atoms with Gasteiger partial charge in [0.25, 0.3) is 5.91 Å². The molecule has 0 atom stereocenters. The Labute approximate surface area is 209 Å². The summed E-state index contributed by atoms with van der Waals surface area (Å²) >= 11 is 6.34. The van der Waals surface area contributed by atoms with E-state index in [2.05, 4.69) is 25.9 Å². The standard InChI is InChI=1S/C24H20ClF3N6O2/c1-29-10-14-5-17(24(26,27)28)9-18(6-14)31-23(35)15-3-4-20(25)22(8-15)34-13-21(32-33-34)16-7-19(36-2)12-30-11-16/h3-9,11-13,29H,10H2,1-2H3,(H,31,35). The number of benzene rings is 2. The zero-order valence-corrected chi connectivity index (χ0v) is 19.9. The number of alkyl halides is 3. The van der Waals surface area contributed by atoms with Gasteiger partial charge in [-0.25, -0.2) is 4.68 Å². The molecule has 0 spiro atoms. The molecule has 0 fully saturated rings. The lowest BCUT2D eigenvalue weighted by molar-refractivity contribution is -0.137. The van der Waals surface area contributed by atoms with Crippen molar-refractivity contribution in [3.05, 3.63) is 82.8 Å². The lowest BCUT2D eigenvalue weighted by atomic mass is 10.1. The Morgan fingerprint density at radius 3 is 2.67 bits per heavy atom. The first-order valence-corrected chi connectivity index (χ1v) is 10.9. The number of amides is 1. The first-order chi connectivity index (χ1) is 17.2. The van der Waals surface area contributed by atoms with Gasteiger partial charge in [0.1, 0.15) is 11.4 Å². The number of halogens is 4. The second-order valence-electron chi connectivity index (χ2n) is 7.73. The Balaban J connectivity index is 1.62. The molecule has 186 valence electrons. The van der Waals surface area contributed by atoms with E-state index in [1.165, 1.54) is 36.1 Å². The predicted octanol–water partition coefficient (Wildman–Crippen LogP) is 4.98. The van der Waals surface area contributed by atoms with Gasteiger partial charge in [0.05, 0.1) is 35.8 Å². The maximum Gasteiger partial charge on any atom is 0.416 e. The van der Waals surface area contributed by atoms with E-state index in [1.807, 2.05) is 0 Å². The van der Waals surface area contributed by atoms with Crippen LogP contribution in [0.15, 0.2) is 61.1 Å². The SMILES string of the molecule is CNCc1cc(NC(=O)c2ccc(Cl)c(-n3cc(-c4cncc(OC)c4)nn3)c2)cc(C(F)(F)F)c1. The molecule has 0 aliphatic carbocycles. The zero-order chi connectivity index (χ0) is 25.9. The van der Waals surface area contributed by atoms with Crippen LogP contribution in [0.5, 0.6) is 5.75 Å². The summed E-state index contributed by atoms with van der Waals surface area (Å²) in [6.45, 7) is 0.204. The summed E-state index contributed by atoms with van der Waals surface area (Å²) in [4.78, 5) is 17.0. The smallest absolute Gasteiger partial charge is 0.416 e. The molecule has 0 bridgehead atoms. The fourth-order valence-electron chi connectivity index (χ4n) is 3.45. The molecule has 2 heterocycles. The Hall–Kier alpha value is -3.96. The van der Waals surface area contributed by atoms with Crippen LogP contribution < -0.4 is 15.4 Å². The Morgan fingerprint density at radius 2 is 1.94 bits per heavy atom. The molecular weight excluding hydrogens is 497 g/mol. The number of nitrogens with one attached hydrogen (secondary N) is 2. The van der Waals surface area contributed by atoms with E-state index in [0.29, 0.717) is 33.3 Å². The van der Waals surface area contributed by atoms with E-state index in [9.17, 15) is 18.0 Å². The third-order valence-electron chi connectivity index (χ3n) is 5.15. The summed E-state index contributed by atoms with van der Waals surface area (Å²) < 4.78 is 46.5. The van der Waals surface area contributed by atoms with Gasteiger partial charge < -0.3 is 15.4 Å². The second kappa shape index (κ2) is 10.3. The molecule has 2 aromatic carbocycles. The average molecular weight is 517 g/mol. The van der Waals surface area contributed by atoms with Gasteiger partial charge in [-0.1, -0.05) is 16.8 Å². The lowest BCUT2D eigenvalue weighted by Crippen LogP contribution is -2.15. The molecule has 1 amide bonds. The Morgan fingerprint density at radius 1 is 1.14 bits per heavy atom. The van der Waals surface area contributed by atoms with Crippen molar-refractivity contribution in [2.75, 3.05) is 19.5 Å². The molecule has 0 aliphatic heterocycles. The summed E-state index contributed by atoms with van der Waals surface area (Å²) in [5.41, 5.74) is 1.22. The zero-order valence-electron chi connectivity index (χ0n) is 19.1. The quantitative estimate of drug-likeness (QED) is 0.360. The topological polar surface area (TPSA) is 94.0 Å². The van der Waals surface area contributed by atoms with Gasteiger partial charge in [0.15, 0.2) is 0 Å². The maximum absolute atomic E-state index is 13.3. The second-order valence-corrected chi connectivity index (χ2v) is 8.14. The van der Waals surface area contributed by atoms with Gasteiger partial charge in [-0.05, 0) is 55.1 Å². The summed E-state index contributed by atoms with van der Waals surface area (Å²) in [6, 6.07) is 9.58. The number of hydrogen-bond acceptors (Lipinski definition) is 6. The number of hydrogen-bond donors (Lipinski definition) is 2. The number of aromatic nitrogens is 4. The molecule has 4 rings (SSSR count). The highest BCUT2D eigenvalue weighted by Gasteiger charge is 2.31. The highest BCUT2D eigenvalue weighted by molar-refractivity contribution is 6.32. The van der Waals surface area contributed by atoms with Gasteiger partial charge >= 0.3 is 6.18 Å². The van der Waals surface area contributed by atoms with Gasteiger partial charge in [-0.3, -0.25) is 9.78 Å². The van der Waals surface area contributed by atoms with Crippen LogP contribution in [-0.4, -0.2) is 40.0 Å². The van der Waals surface area contributed by atoms with Crippen LogP contribution in [0, 0.1) is 0 Å². The predicted molar refractivity (Wildman–Crippen MR) is 128 cm³/mol. The first kappa shape index (κ1) is 25.1. The van der Waals surface area contributed by atoms with Crippen LogP contribution in [0.3, 0.4) is 0 Å². The number of carbonyl (C=O) groups is 1. The molecule has 0 radical (unpaired) electrons. The van der Waals surface area contributed by atoms with Gasteiger partial charge in [0.2, 0.25) is 0 Å². The number of pyridine rings is 1. The number of rotatable bonds is 7. The summed E-state index contributed by atoms with van der Waals surface area (Å²) in [5.74, 6) is -0.0637. The van der Waals surface area contributed by atoms with E-state index in [1.54, 1.807) is 31.7 Å². The molecule has 12 heteroatoms. The van der Waals surface area contributed by atoms with E-state index in [-0.39, 0.29) is 17.8 Å². The summed E-state index contributed by atoms with van der Waals surface area (Å²) in [5, 5.41) is 13.8. The van der Waals surface area contributed by atoms with Crippen LogP contribution in [0.25, 0.3) is 16.9 Å². The van der Waals surface area contributed by atoms with Gasteiger partial charge in [-0.15, -0.1) is 5.10 Å². The fourth-order valence-corrected chi connectivity index (χ4v) is 3.66. The van der Waals surface area contributed by atoms with E-state index >= 15 is 0 Å². The summed E-state index contributed by atoms with van der Waals surface area (Å²) in [6.07, 6.45) is 0.203. The Bertz CT molecular complexity index is 1410. The maximum atomic E-state index is 13.3. The van der Waals surface area contributed by atoms with Crippen molar-refractivity contribution in [3.8, 4) is 22.7 Å². The number of carbonyl (C=O) groups excluding carboxylic acids is 1. The number of nitrogens with zero attached hydrogens (tertiary/aromatic N) is 4. The Kier molecular flexibility index (Phi) is 7.22. The highest BCUT2D eigenvalue weighted by Crippen LogP contribution is 2.32. The minimum absolute atomic E-state index is 0.0186. The van der Waals surface area contributed by atoms with Crippen molar-refractivity contribution in [3.63, 3.8) is 0 Å². The molecule has 4 aromatic rings. The molecule has 8 nitrogen and oxygen atoms in total. The van der Waals surface area contributed by atoms with Gasteiger partial charge in [0, 0.05) is 29.6 Å². The van der Waals surface area contributed by atoms with Crippen molar-refractivity contribution in [2.45, 2.75) is 12.7 Å². The van der Waals surface area contributed by atoms with E-state index < -0.39 is 17.6 Å². The molecule has 0 unspecified atom stereocenters. The first-order valence-electron chi connectivity index (χ1n) is 10.6. The van der Waals surface area contributed by atoms with Crippen LogP contribution in [0.4, 0.5) is 18.9 Å². The molecule has 36 heavy (non-hydrogen) atoms. The molecule has 0 aliphatic rings. The fraction of sp³-hybridized carbons (Fsp3) is 0.167. The van der Waals surface area contributed by atoms with Crippen molar-refractivity contribution in [1.82, 2.24) is 25.3 Å². The van der Waals surface area contributed by atoms with Crippen molar-refractivity contribution < 1.29 is 22.7 Å². The molecule has 0 saturated heterocycles. The molecule has 2 aromatic heterocycles. The normalized spacial score (nSPS) is 11.4. The largest absolute Gasteiger partial charge is 0.495 e. The van der Waals surface area contributed by atoms with E-state index in [0.717, 1.165) is 12.1 Å². The van der Waals surface area contributed by atoms with Gasteiger partial charge in [-0.2, -0.15) is 13.2 Å². The van der Waals surface area contributed by atoms with Crippen LogP contribution in [0.1, 0.15) is 21.5 Å². The van der Waals surface area contributed by atoms with Crippen LogP contribution >= 0.6 is 11.6 Å². The number of anilines is 1. The average Bonchev–Trinajstić information content (AvgIpc) is 3.34. The minimum Gasteiger partial charge on any atom is -0.495 e. The van der Waals surface area contributed by atoms with Crippen LogP contribution in [-0.2, 0) is 12.7 Å². The minimum atomic E-state index is -4.56. The third-order valence-corrected chi connectivity index (χ3v) is 5.47. The molecule has 0 saturated carbocycles. The van der Waals surface area contributed by atoms with Crippen molar-refractivity contribution in [2.24, 2.45) is 0 Å². The third kappa shape index (κ3) is 5.64. The highest BCUT2D eigenvalue weighted by atomic mass is 35.5. The monoisotopic (exact) mass is 516 g/mol. The van der Waals surface area contributed by atoms with E-state index in [4.69, 9.17) is 16.3 Å². The molecular formula is C24H20ClF3N6O2. The van der Waals surface area contributed by atoms with Crippen molar-refractivity contribution in [1.29, 1.82) is 0 Å². The lowest BCUT2D eigenvalue weighted by Gasteiger charge is -2.13. The number of ether oxygens (including phenoxy) is 1. The molecule has 2 N–H and O–H groups in total. The number of methoxy groups -OCH3 is 1. The van der Waals surface area contributed by atoms with Crippen LogP contribution in [0.2, 0.25) is 5.02 Å². The van der Waals surface area contributed by atoms with Crippen molar-refractivity contribution >= 4 is 23.2 Å². The summed E-state index contributed by atoms with van der Waals surface area (Å²) in [7, 11) is 3.14.